The summed E-state index contributed by atoms with van der Waals surface area (Å²) >= 11 is 0. The molecule has 2 unspecified atom stereocenters. The topological polar surface area (TPSA) is 52.7 Å². The second-order valence-electron chi connectivity index (χ2n) is 7.57. The predicted molar refractivity (Wildman–Crippen MR) is 99.3 cm³/mol. The van der Waals surface area contributed by atoms with E-state index in [0.29, 0.717) is 12.5 Å². The third kappa shape index (κ3) is 4.61. The van der Waals surface area contributed by atoms with Gasteiger partial charge in [-0.25, -0.2) is 4.39 Å². The summed E-state index contributed by atoms with van der Waals surface area (Å²) in [5.74, 6) is -0.780. The molecule has 1 N–H and O–H groups in total. The highest BCUT2D eigenvalue weighted by Gasteiger charge is 2.36. The van der Waals surface area contributed by atoms with Gasteiger partial charge in [-0.1, -0.05) is 25.5 Å². The molecule has 142 valence electrons. The molecule has 2 atom stereocenters. The van der Waals surface area contributed by atoms with Crippen molar-refractivity contribution in [1.82, 2.24) is 10.2 Å². The molecule has 1 aromatic rings. The lowest BCUT2D eigenvalue weighted by Crippen LogP contribution is -2.40. The Morgan fingerprint density at radius 3 is 2.73 bits per heavy atom. The molecule has 2 aliphatic rings. The normalized spacial score (nSPS) is 22.5. The zero-order valence-electron chi connectivity index (χ0n) is 15.4. The van der Waals surface area contributed by atoms with Gasteiger partial charge in [-0.05, 0) is 44.0 Å². The van der Waals surface area contributed by atoms with E-state index in [1.54, 1.807) is 18.2 Å². The van der Waals surface area contributed by atoms with Crippen LogP contribution >= 0.6 is 0 Å². The number of piperidine rings is 1. The number of hydrogen-bond acceptors (Lipinski definition) is 3. The molecule has 0 radical (unpaired) electrons. The molecule has 2 fully saturated rings. The fraction of sp³-hybridized carbons (Fsp3) is 0.600. The number of para-hydroxylation sites is 1. The number of halogens is 1. The molecular formula is C20H28FN3O2. The first-order chi connectivity index (χ1) is 12.5. The molecule has 0 aromatic heterocycles. The van der Waals surface area contributed by atoms with Crippen LogP contribution in [0.4, 0.5) is 10.1 Å². The van der Waals surface area contributed by atoms with E-state index < -0.39 is 11.7 Å². The van der Waals surface area contributed by atoms with Crippen molar-refractivity contribution >= 4 is 17.5 Å². The van der Waals surface area contributed by atoms with Crippen LogP contribution in [0, 0.1) is 17.7 Å². The summed E-state index contributed by atoms with van der Waals surface area (Å²) in [5, 5.41) is 2.98. The molecule has 0 saturated carbocycles. The molecule has 2 aliphatic heterocycles. The van der Waals surface area contributed by atoms with Gasteiger partial charge in [0.05, 0.1) is 11.6 Å². The van der Waals surface area contributed by atoms with Crippen LogP contribution in [0.25, 0.3) is 0 Å². The minimum absolute atomic E-state index is 0.109. The van der Waals surface area contributed by atoms with Gasteiger partial charge in [0.15, 0.2) is 0 Å². The minimum atomic E-state index is -0.433. The monoisotopic (exact) mass is 361 g/mol. The van der Waals surface area contributed by atoms with Crippen molar-refractivity contribution in [1.29, 1.82) is 0 Å². The van der Waals surface area contributed by atoms with Gasteiger partial charge in [-0.3, -0.25) is 9.59 Å². The number of likely N-dealkylation sites (tertiary alicyclic amines) is 1. The molecule has 1 aromatic carbocycles. The maximum absolute atomic E-state index is 13.9. The maximum Gasteiger partial charge on any atom is 0.227 e. The summed E-state index contributed by atoms with van der Waals surface area (Å²) in [7, 11) is 0. The standard InChI is InChI=1S/C20H28FN3O2/c1-15(13-23-9-5-2-6-10-23)12-22-20(26)16-11-19(25)24(14-16)18-8-4-3-7-17(18)21/h3-4,7-8,15-16H,2,5-6,9-14H2,1H3,(H,22,26). The average Bonchev–Trinajstić information content (AvgIpc) is 3.02. The minimum Gasteiger partial charge on any atom is -0.355 e. The van der Waals surface area contributed by atoms with E-state index in [9.17, 15) is 14.0 Å². The van der Waals surface area contributed by atoms with Crippen molar-refractivity contribution in [3.8, 4) is 0 Å². The Kier molecular flexibility index (Phi) is 6.25. The predicted octanol–water partition coefficient (Wildman–Crippen LogP) is 2.42. The molecule has 0 bridgehead atoms. The van der Waals surface area contributed by atoms with Crippen molar-refractivity contribution < 1.29 is 14.0 Å². The lowest BCUT2D eigenvalue weighted by Gasteiger charge is -2.29. The van der Waals surface area contributed by atoms with Gasteiger partial charge in [0.25, 0.3) is 0 Å². The summed E-state index contributed by atoms with van der Waals surface area (Å²) in [6.45, 7) is 6.28. The zero-order chi connectivity index (χ0) is 18.5. The van der Waals surface area contributed by atoms with Crippen LogP contribution in [0.1, 0.15) is 32.6 Å². The van der Waals surface area contributed by atoms with E-state index in [2.05, 4.69) is 17.1 Å². The average molecular weight is 361 g/mol. The number of amides is 2. The van der Waals surface area contributed by atoms with Gasteiger partial charge in [-0.15, -0.1) is 0 Å². The molecule has 6 heteroatoms. The summed E-state index contributed by atoms with van der Waals surface area (Å²) in [6.07, 6.45) is 3.97. The third-order valence-electron chi connectivity index (χ3n) is 5.28. The Labute approximate surface area is 154 Å². The Bertz CT molecular complexity index is 646. The van der Waals surface area contributed by atoms with E-state index in [-0.39, 0.29) is 30.5 Å². The highest BCUT2D eigenvalue weighted by atomic mass is 19.1. The molecule has 26 heavy (non-hydrogen) atoms. The van der Waals surface area contributed by atoms with Crippen LogP contribution in [-0.4, -0.2) is 49.4 Å². The smallest absolute Gasteiger partial charge is 0.227 e. The molecule has 2 amide bonds. The number of nitrogens with one attached hydrogen (secondary N) is 1. The van der Waals surface area contributed by atoms with Crippen molar-refractivity contribution in [2.45, 2.75) is 32.6 Å². The lowest BCUT2D eigenvalue weighted by molar-refractivity contribution is -0.126. The van der Waals surface area contributed by atoms with Crippen molar-refractivity contribution in [2.24, 2.45) is 11.8 Å². The van der Waals surface area contributed by atoms with Crippen LogP contribution in [0.15, 0.2) is 24.3 Å². The fourth-order valence-electron chi connectivity index (χ4n) is 3.85. The number of carbonyl (C=O) groups excluding carboxylic acids is 2. The number of rotatable bonds is 6. The first-order valence-corrected chi connectivity index (χ1v) is 9.59. The maximum atomic E-state index is 13.9. The van der Waals surface area contributed by atoms with Crippen molar-refractivity contribution in [2.75, 3.05) is 37.6 Å². The highest BCUT2D eigenvalue weighted by Crippen LogP contribution is 2.27. The number of nitrogens with zero attached hydrogens (tertiary/aromatic N) is 2. The van der Waals surface area contributed by atoms with Crippen molar-refractivity contribution in [3.05, 3.63) is 30.1 Å². The first kappa shape index (κ1) is 18.8. The van der Waals surface area contributed by atoms with Crippen LogP contribution < -0.4 is 10.2 Å². The van der Waals surface area contributed by atoms with E-state index in [1.807, 2.05) is 0 Å². The third-order valence-corrected chi connectivity index (χ3v) is 5.28. The SMILES string of the molecule is CC(CNC(=O)C1CC(=O)N(c2ccccc2F)C1)CN1CCCCC1. The summed E-state index contributed by atoms with van der Waals surface area (Å²) in [5.41, 5.74) is 0.256. The van der Waals surface area contributed by atoms with Gasteiger partial charge in [-0.2, -0.15) is 0 Å². The van der Waals surface area contributed by atoms with Crippen LogP contribution in [-0.2, 0) is 9.59 Å². The van der Waals surface area contributed by atoms with Gasteiger partial charge in [0.2, 0.25) is 11.8 Å². The Hall–Kier alpha value is -1.95. The molecule has 2 saturated heterocycles. The van der Waals surface area contributed by atoms with Crippen molar-refractivity contribution in [3.63, 3.8) is 0 Å². The summed E-state index contributed by atoms with van der Waals surface area (Å²) < 4.78 is 13.9. The van der Waals surface area contributed by atoms with E-state index >= 15 is 0 Å². The summed E-state index contributed by atoms with van der Waals surface area (Å²) in [4.78, 5) is 28.5. The lowest BCUT2D eigenvalue weighted by atomic mass is 10.1. The van der Waals surface area contributed by atoms with Gasteiger partial charge in [0.1, 0.15) is 5.82 Å². The molecule has 0 spiro atoms. The molecule has 0 aliphatic carbocycles. The number of benzene rings is 1. The first-order valence-electron chi connectivity index (χ1n) is 9.59. The van der Waals surface area contributed by atoms with Gasteiger partial charge < -0.3 is 15.1 Å². The Morgan fingerprint density at radius 2 is 2.00 bits per heavy atom. The van der Waals surface area contributed by atoms with Crippen LogP contribution in [0.3, 0.4) is 0 Å². The molecule has 2 heterocycles. The van der Waals surface area contributed by atoms with E-state index in [4.69, 9.17) is 0 Å². The highest BCUT2D eigenvalue weighted by molar-refractivity contribution is 6.00. The molecule has 5 nitrogen and oxygen atoms in total. The van der Waals surface area contributed by atoms with Gasteiger partial charge in [0, 0.05) is 26.1 Å². The molecule has 3 rings (SSSR count). The zero-order valence-corrected chi connectivity index (χ0v) is 15.4. The number of carbonyl (C=O) groups is 2. The Morgan fingerprint density at radius 1 is 1.27 bits per heavy atom. The number of hydrogen-bond donors (Lipinski definition) is 1. The second-order valence-corrected chi connectivity index (χ2v) is 7.57. The number of anilines is 1. The fourth-order valence-corrected chi connectivity index (χ4v) is 3.85. The second kappa shape index (κ2) is 8.62. The summed E-state index contributed by atoms with van der Waals surface area (Å²) in [6, 6.07) is 6.20. The van der Waals surface area contributed by atoms with Crippen LogP contribution in [0.2, 0.25) is 0 Å². The van der Waals surface area contributed by atoms with E-state index in [0.717, 1.165) is 19.6 Å². The largest absolute Gasteiger partial charge is 0.355 e. The molecular weight excluding hydrogens is 333 g/mol. The van der Waals surface area contributed by atoms with Gasteiger partial charge >= 0.3 is 0 Å². The quantitative estimate of drug-likeness (QED) is 0.847. The van der Waals surface area contributed by atoms with Crippen LogP contribution in [0.5, 0.6) is 0 Å². The Balaban J connectivity index is 1.48. The van der Waals surface area contributed by atoms with E-state index in [1.165, 1.54) is 30.2 Å².